The van der Waals surface area contributed by atoms with Gasteiger partial charge in [-0.05, 0) is 44.5 Å². The Bertz CT molecular complexity index is 791. The molecule has 0 N–H and O–H groups in total. The second kappa shape index (κ2) is 12.1. The number of rotatable bonds is 8. The van der Waals surface area contributed by atoms with Gasteiger partial charge >= 0.3 is 0 Å². The Labute approximate surface area is 172 Å². The Hall–Kier alpha value is -2.44. The lowest BCUT2D eigenvalue weighted by Crippen LogP contribution is -2.21. The van der Waals surface area contributed by atoms with E-state index in [1.54, 1.807) is 0 Å². The van der Waals surface area contributed by atoms with Crippen LogP contribution in [0.1, 0.15) is 76.8 Å². The maximum atomic E-state index is 3.56. The van der Waals surface area contributed by atoms with Crippen molar-refractivity contribution < 1.29 is 0 Å². The molecular formula is C28H34. The SMILES string of the molecule is CCCCCCCCC(C#Cc1ccccc1)C(C)(C)C#Cc1ccccc1. The smallest absolute Gasteiger partial charge is 0.0399 e. The van der Waals surface area contributed by atoms with Crippen molar-refractivity contribution in [2.24, 2.45) is 11.3 Å². The Kier molecular flexibility index (Phi) is 9.45. The highest BCUT2D eigenvalue weighted by molar-refractivity contribution is 5.38. The van der Waals surface area contributed by atoms with Crippen LogP contribution < -0.4 is 0 Å². The van der Waals surface area contributed by atoms with Gasteiger partial charge in [0.2, 0.25) is 0 Å². The first-order chi connectivity index (χ1) is 13.6. The average molecular weight is 371 g/mol. The van der Waals surface area contributed by atoms with Crippen LogP contribution in [0.25, 0.3) is 0 Å². The fourth-order valence-electron chi connectivity index (χ4n) is 3.28. The highest BCUT2D eigenvalue weighted by Crippen LogP contribution is 2.30. The average Bonchev–Trinajstić information content (AvgIpc) is 2.72. The monoisotopic (exact) mass is 370 g/mol. The zero-order valence-electron chi connectivity index (χ0n) is 17.8. The van der Waals surface area contributed by atoms with Crippen LogP contribution in [0.15, 0.2) is 60.7 Å². The number of benzene rings is 2. The summed E-state index contributed by atoms with van der Waals surface area (Å²) < 4.78 is 0. The third kappa shape index (κ3) is 8.06. The molecule has 2 rings (SSSR count). The van der Waals surface area contributed by atoms with E-state index in [4.69, 9.17) is 0 Å². The molecule has 1 unspecified atom stereocenters. The van der Waals surface area contributed by atoms with E-state index in [-0.39, 0.29) is 11.3 Å². The second-order valence-electron chi connectivity index (χ2n) is 8.08. The van der Waals surface area contributed by atoms with Crippen LogP contribution in [-0.4, -0.2) is 0 Å². The molecule has 0 amide bonds. The summed E-state index contributed by atoms with van der Waals surface area (Å²) in [5.41, 5.74) is 2.02. The fraction of sp³-hybridized carbons (Fsp3) is 0.429. The van der Waals surface area contributed by atoms with Crippen molar-refractivity contribution in [2.45, 2.75) is 65.7 Å². The lowest BCUT2D eigenvalue weighted by Gasteiger charge is -2.25. The van der Waals surface area contributed by atoms with Gasteiger partial charge in [-0.3, -0.25) is 0 Å². The van der Waals surface area contributed by atoms with Gasteiger partial charge in [-0.15, -0.1) is 0 Å². The first-order valence-corrected chi connectivity index (χ1v) is 10.8. The number of unbranched alkanes of at least 4 members (excludes halogenated alkanes) is 5. The molecule has 0 nitrogen and oxygen atoms in total. The minimum absolute atomic E-state index is 0.138. The Morgan fingerprint density at radius 3 is 1.86 bits per heavy atom. The molecule has 2 aromatic carbocycles. The zero-order chi connectivity index (χ0) is 20.1. The molecule has 0 aliphatic rings. The maximum absolute atomic E-state index is 3.56. The first-order valence-electron chi connectivity index (χ1n) is 10.8. The third-order valence-electron chi connectivity index (χ3n) is 5.18. The van der Waals surface area contributed by atoms with E-state index in [0.29, 0.717) is 0 Å². The first kappa shape index (κ1) is 21.9. The highest BCUT2D eigenvalue weighted by atomic mass is 14.3. The van der Waals surface area contributed by atoms with Crippen molar-refractivity contribution in [2.75, 3.05) is 0 Å². The van der Waals surface area contributed by atoms with Crippen LogP contribution in [0, 0.1) is 35.0 Å². The molecule has 0 spiro atoms. The van der Waals surface area contributed by atoms with E-state index in [2.05, 4.69) is 68.7 Å². The van der Waals surface area contributed by atoms with Gasteiger partial charge in [0.1, 0.15) is 0 Å². The van der Waals surface area contributed by atoms with Crippen LogP contribution in [0.3, 0.4) is 0 Å². The summed E-state index contributed by atoms with van der Waals surface area (Å²) in [5.74, 6) is 14.1. The summed E-state index contributed by atoms with van der Waals surface area (Å²) in [4.78, 5) is 0. The zero-order valence-corrected chi connectivity index (χ0v) is 17.8. The predicted octanol–water partition coefficient (Wildman–Crippen LogP) is 7.48. The van der Waals surface area contributed by atoms with Crippen LogP contribution in [0.5, 0.6) is 0 Å². The van der Waals surface area contributed by atoms with Gasteiger partial charge in [0.15, 0.2) is 0 Å². The molecule has 0 saturated heterocycles. The van der Waals surface area contributed by atoms with E-state index in [0.717, 1.165) is 17.5 Å². The Morgan fingerprint density at radius 1 is 0.714 bits per heavy atom. The molecule has 0 saturated carbocycles. The highest BCUT2D eigenvalue weighted by Gasteiger charge is 2.25. The molecule has 0 aliphatic heterocycles. The molecule has 0 aromatic heterocycles. The van der Waals surface area contributed by atoms with Crippen LogP contribution in [0.2, 0.25) is 0 Å². The summed E-state index contributed by atoms with van der Waals surface area (Å²) in [5, 5.41) is 0. The van der Waals surface area contributed by atoms with Crippen LogP contribution >= 0.6 is 0 Å². The van der Waals surface area contributed by atoms with Gasteiger partial charge in [0.05, 0.1) is 0 Å². The van der Waals surface area contributed by atoms with Gasteiger partial charge in [-0.1, -0.05) is 106 Å². The van der Waals surface area contributed by atoms with E-state index in [9.17, 15) is 0 Å². The molecule has 0 heteroatoms. The van der Waals surface area contributed by atoms with Crippen molar-refractivity contribution in [1.29, 1.82) is 0 Å². The molecule has 28 heavy (non-hydrogen) atoms. The largest absolute Gasteiger partial charge is 0.0929 e. The van der Waals surface area contributed by atoms with E-state index < -0.39 is 0 Å². The standard InChI is InChI=1S/C28H34/c1-4-5-6-7-8-15-20-27(22-21-25-16-11-9-12-17-25)28(2,3)24-23-26-18-13-10-14-19-26/h9-14,16-19,27H,4-8,15,20H2,1-3H3. The van der Waals surface area contributed by atoms with Gasteiger partial charge in [0.25, 0.3) is 0 Å². The van der Waals surface area contributed by atoms with Gasteiger partial charge < -0.3 is 0 Å². The van der Waals surface area contributed by atoms with Gasteiger partial charge in [-0.25, -0.2) is 0 Å². The Morgan fingerprint density at radius 2 is 1.25 bits per heavy atom. The van der Waals surface area contributed by atoms with Crippen LogP contribution in [-0.2, 0) is 0 Å². The molecule has 0 heterocycles. The van der Waals surface area contributed by atoms with E-state index >= 15 is 0 Å². The topological polar surface area (TPSA) is 0 Å². The molecule has 0 bridgehead atoms. The van der Waals surface area contributed by atoms with Crippen molar-refractivity contribution in [3.8, 4) is 23.7 Å². The maximum Gasteiger partial charge on any atom is 0.0399 e. The van der Waals surface area contributed by atoms with Crippen molar-refractivity contribution in [3.05, 3.63) is 71.8 Å². The molecule has 2 aromatic rings. The molecule has 1 atom stereocenters. The number of hydrogen-bond donors (Lipinski definition) is 0. The minimum Gasteiger partial charge on any atom is -0.0929 e. The quantitative estimate of drug-likeness (QED) is 0.334. The summed E-state index contributed by atoms with van der Waals surface area (Å²) >= 11 is 0. The predicted molar refractivity (Wildman–Crippen MR) is 122 cm³/mol. The Balaban J connectivity index is 2.09. The molecule has 0 fully saturated rings. The van der Waals surface area contributed by atoms with Gasteiger partial charge in [-0.2, -0.15) is 0 Å². The summed E-state index contributed by atoms with van der Waals surface area (Å²) in [6.45, 7) is 6.75. The summed E-state index contributed by atoms with van der Waals surface area (Å²) in [6, 6.07) is 20.6. The van der Waals surface area contributed by atoms with E-state index in [1.807, 2.05) is 36.4 Å². The summed E-state index contributed by atoms with van der Waals surface area (Å²) in [6.07, 6.45) is 8.98. The second-order valence-corrected chi connectivity index (χ2v) is 8.08. The normalized spacial score (nSPS) is 11.7. The molecule has 0 aliphatic carbocycles. The van der Waals surface area contributed by atoms with Crippen LogP contribution in [0.4, 0.5) is 0 Å². The molecular weight excluding hydrogens is 336 g/mol. The van der Waals surface area contributed by atoms with Crippen molar-refractivity contribution >= 4 is 0 Å². The minimum atomic E-state index is -0.138. The number of hydrogen-bond acceptors (Lipinski definition) is 0. The summed E-state index contributed by atoms with van der Waals surface area (Å²) in [7, 11) is 0. The lowest BCUT2D eigenvalue weighted by molar-refractivity contribution is 0.340. The molecule has 146 valence electrons. The third-order valence-corrected chi connectivity index (χ3v) is 5.18. The fourth-order valence-corrected chi connectivity index (χ4v) is 3.28. The van der Waals surface area contributed by atoms with E-state index in [1.165, 1.54) is 38.5 Å². The van der Waals surface area contributed by atoms with Crippen molar-refractivity contribution in [1.82, 2.24) is 0 Å². The molecule has 0 radical (unpaired) electrons. The van der Waals surface area contributed by atoms with Gasteiger partial charge in [0, 0.05) is 22.5 Å². The lowest BCUT2D eigenvalue weighted by atomic mass is 9.76. The van der Waals surface area contributed by atoms with Crippen molar-refractivity contribution in [3.63, 3.8) is 0 Å².